The lowest BCUT2D eigenvalue weighted by Crippen LogP contribution is -2.42. The fraction of sp³-hybridized carbons (Fsp3) is 0.643. The van der Waals surface area contributed by atoms with Crippen LogP contribution in [0.5, 0.6) is 0 Å². The van der Waals surface area contributed by atoms with Crippen molar-refractivity contribution in [2.45, 2.75) is 45.6 Å². The zero-order valence-corrected chi connectivity index (χ0v) is 11.9. The van der Waals surface area contributed by atoms with E-state index in [9.17, 15) is 4.79 Å². The molecular weight excluding hydrogens is 244 g/mol. The Balaban J connectivity index is 1.71. The second-order valence-electron chi connectivity index (χ2n) is 4.83. The summed E-state index contributed by atoms with van der Waals surface area (Å²) in [5.41, 5.74) is 1.33. The normalized spacial score (nSPS) is 14.4. The Kier molecular flexibility index (Phi) is 5.05. The van der Waals surface area contributed by atoms with Gasteiger partial charge in [-0.15, -0.1) is 11.3 Å². The molecule has 0 aromatic carbocycles. The molecule has 3 nitrogen and oxygen atoms in total. The van der Waals surface area contributed by atoms with Crippen LogP contribution in [0.25, 0.3) is 0 Å². The lowest BCUT2D eigenvalue weighted by Gasteiger charge is -2.27. The highest BCUT2D eigenvalue weighted by Crippen LogP contribution is 2.23. The highest BCUT2D eigenvalue weighted by Gasteiger charge is 2.20. The standard InChI is InChI=1S/C14H22N2OS/c1-2-3-4-5-8-15-14(17)16-9-6-13-12(11-16)7-10-18-13/h7,10H,2-6,8-9,11H2,1H3,(H,15,17). The maximum absolute atomic E-state index is 12.0. The predicted molar refractivity (Wildman–Crippen MR) is 76.0 cm³/mol. The van der Waals surface area contributed by atoms with E-state index >= 15 is 0 Å². The quantitative estimate of drug-likeness (QED) is 0.814. The summed E-state index contributed by atoms with van der Waals surface area (Å²) in [6.07, 6.45) is 5.82. The van der Waals surface area contributed by atoms with Gasteiger partial charge in [-0.3, -0.25) is 0 Å². The molecule has 2 heterocycles. The number of hydrogen-bond donors (Lipinski definition) is 1. The lowest BCUT2D eigenvalue weighted by molar-refractivity contribution is 0.192. The number of thiophene rings is 1. The summed E-state index contributed by atoms with van der Waals surface area (Å²) in [5, 5.41) is 5.15. The van der Waals surface area contributed by atoms with E-state index in [4.69, 9.17) is 0 Å². The highest BCUT2D eigenvalue weighted by atomic mass is 32.1. The van der Waals surface area contributed by atoms with Crippen LogP contribution in [0.4, 0.5) is 4.79 Å². The maximum Gasteiger partial charge on any atom is 0.317 e. The smallest absolute Gasteiger partial charge is 0.317 e. The van der Waals surface area contributed by atoms with E-state index in [0.717, 1.165) is 32.5 Å². The van der Waals surface area contributed by atoms with Gasteiger partial charge in [0, 0.05) is 24.5 Å². The number of nitrogens with zero attached hydrogens (tertiary/aromatic N) is 1. The van der Waals surface area contributed by atoms with Gasteiger partial charge in [0.2, 0.25) is 0 Å². The van der Waals surface area contributed by atoms with Crippen LogP contribution < -0.4 is 5.32 Å². The fourth-order valence-electron chi connectivity index (χ4n) is 2.28. The average molecular weight is 266 g/mol. The molecule has 0 bridgehead atoms. The van der Waals surface area contributed by atoms with Crippen LogP contribution in [0.1, 0.15) is 43.0 Å². The molecule has 0 saturated carbocycles. The zero-order chi connectivity index (χ0) is 12.8. The van der Waals surface area contributed by atoms with Crippen LogP contribution in [-0.4, -0.2) is 24.0 Å². The van der Waals surface area contributed by atoms with Crippen molar-refractivity contribution in [1.29, 1.82) is 0 Å². The van der Waals surface area contributed by atoms with Crippen LogP contribution in [-0.2, 0) is 13.0 Å². The molecule has 1 N–H and O–H groups in total. The summed E-state index contributed by atoms with van der Waals surface area (Å²) < 4.78 is 0. The van der Waals surface area contributed by atoms with E-state index in [1.165, 1.54) is 29.7 Å². The van der Waals surface area contributed by atoms with Gasteiger partial charge < -0.3 is 10.2 Å². The van der Waals surface area contributed by atoms with E-state index in [-0.39, 0.29) is 6.03 Å². The Morgan fingerprint density at radius 3 is 3.17 bits per heavy atom. The number of nitrogens with one attached hydrogen (secondary N) is 1. The van der Waals surface area contributed by atoms with Crippen LogP contribution in [0, 0.1) is 0 Å². The number of rotatable bonds is 5. The van der Waals surface area contributed by atoms with Crippen LogP contribution in [0.15, 0.2) is 11.4 Å². The van der Waals surface area contributed by atoms with E-state index in [1.54, 1.807) is 0 Å². The Morgan fingerprint density at radius 2 is 2.33 bits per heavy atom. The molecule has 1 aromatic heterocycles. The van der Waals surface area contributed by atoms with Gasteiger partial charge in [0.25, 0.3) is 0 Å². The van der Waals surface area contributed by atoms with Crippen molar-refractivity contribution < 1.29 is 4.79 Å². The van der Waals surface area contributed by atoms with Crippen molar-refractivity contribution in [3.8, 4) is 0 Å². The Labute approximate surface area is 113 Å². The molecule has 0 aliphatic carbocycles. The Morgan fingerprint density at radius 1 is 1.44 bits per heavy atom. The molecule has 18 heavy (non-hydrogen) atoms. The van der Waals surface area contributed by atoms with Crippen molar-refractivity contribution in [2.75, 3.05) is 13.1 Å². The first-order valence-corrected chi connectivity index (χ1v) is 7.77. The zero-order valence-electron chi connectivity index (χ0n) is 11.1. The van der Waals surface area contributed by atoms with Crippen LogP contribution in [0.2, 0.25) is 0 Å². The van der Waals surface area contributed by atoms with Gasteiger partial charge in [0.1, 0.15) is 0 Å². The fourth-order valence-corrected chi connectivity index (χ4v) is 3.17. The summed E-state index contributed by atoms with van der Waals surface area (Å²) in [5.74, 6) is 0. The van der Waals surface area contributed by atoms with Gasteiger partial charge in [-0.2, -0.15) is 0 Å². The van der Waals surface area contributed by atoms with Crippen molar-refractivity contribution in [1.82, 2.24) is 10.2 Å². The Hall–Kier alpha value is -1.03. The van der Waals surface area contributed by atoms with Crippen molar-refractivity contribution in [3.05, 3.63) is 21.9 Å². The summed E-state index contributed by atoms with van der Waals surface area (Å²) in [6, 6.07) is 2.24. The van der Waals surface area contributed by atoms with Gasteiger partial charge in [-0.05, 0) is 29.9 Å². The van der Waals surface area contributed by atoms with E-state index in [1.807, 2.05) is 16.2 Å². The number of hydrogen-bond acceptors (Lipinski definition) is 2. The van der Waals surface area contributed by atoms with Crippen LogP contribution in [0.3, 0.4) is 0 Å². The molecule has 0 fully saturated rings. The van der Waals surface area contributed by atoms with Gasteiger partial charge in [-0.1, -0.05) is 26.2 Å². The van der Waals surface area contributed by atoms with Crippen molar-refractivity contribution in [3.63, 3.8) is 0 Å². The molecule has 2 amide bonds. The summed E-state index contributed by atoms with van der Waals surface area (Å²) >= 11 is 1.81. The second kappa shape index (κ2) is 6.78. The average Bonchev–Trinajstić information content (AvgIpc) is 2.85. The van der Waals surface area contributed by atoms with E-state index in [2.05, 4.69) is 23.7 Å². The molecule has 2 rings (SSSR count). The van der Waals surface area contributed by atoms with Gasteiger partial charge in [-0.25, -0.2) is 4.79 Å². The highest BCUT2D eigenvalue weighted by molar-refractivity contribution is 7.10. The Bertz CT molecular complexity index is 389. The van der Waals surface area contributed by atoms with E-state index < -0.39 is 0 Å². The first-order valence-electron chi connectivity index (χ1n) is 6.89. The van der Waals surface area contributed by atoms with E-state index in [0.29, 0.717) is 0 Å². The number of amides is 2. The molecule has 1 aliphatic rings. The molecule has 4 heteroatoms. The number of carbonyl (C=O) groups is 1. The number of carbonyl (C=O) groups excluding carboxylic acids is 1. The third-order valence-electron chi connectivity index (χ3n) is 3.40. The third-order valence-corrected chi connectivity index (χ3v) is 4.42. The lowest BCUT2D eigenvalue weighted by atomic mass is 10.1. The first kappa shape index (κ1) is 13.4. The molecule has 1 aromatic rings. The topological polar surface area (TPSA) is 32.3 Å². The van der Waals surface area contributed by atoms with Gasteiger partial charge in [0.05, 0.1) is 0 Å². The molecule has 0 unspecified atom stereocenters. The summed E-state index contributed by atoms with van der Waals surface area (Å²) in [6.45, 7) is 4.64. The SMILES string of the molecule is CCCCCCNC(=O)N1CCc2sccc2C1. The second-order valence-corrected chi connectivity index (χ2v) is 5.83. The number of fused-ring (bicyclic) bond motifs is 1. The third kappa shape index (κ3) is 3.48. The number of urea groups is 1. The molecule has 0 spiro atoms. The van der Waals surface area contributed by atoms with Gasteiger partial charge >= 0.3 is 6.03 Å². The largest absolute Gasteiger partial charge is 0.338 e. The molecule has 0 saturated heterocycles. The molecule has 0 radical (unpaired) electrons. The van der Waals surface area contributed by atoms with Crippen molar-refractivity contribution in [2.24, 2.45) is 0 Å². The maximum atomic E-state index is 12.0. The van der Waals surface area contributed by atoms with Gasteiger partial charge in [0.15, 0.2) is 0 Å². The number of unbranched alkanes of at least 4 members (excludes halogenated alkanes) is 3. The van der Waals surface area contributed by atoms with Crippen molar-refractivity contribution >= 4 is 17.4 Å². The molecular formula is C14H22N2OS. The molecule has 100 valence electrons. The molecule has 0 atom stereocenters. The molecule has 1 aliphatic heterocycles. The predicted octanol–water partition coefficient (Wildman–Crippen LogP) is 3.40. The summed E-state index contributed by atoms with van der Waals surface area (Å²) in [4.78, 5) is 15.4. The minimum Gasteiger partial charge on any atom is -0.338 e. The monoisotopic (exact) mass is 266 g/mol. The first-order chi connectivity index (χ1) is 8.81. The minimum atomic E-state index is 0.100. The summed E-state index contributed by atoms with van der Waals surface area (Å²) in [7, 11) is 0. The minimum absolute atomic E-state index is 0.100. The van der Waals surface area contributed by atoms with Crippen LogP contribution >= 0.6 is 11.3 Å².